The lowest BCUT2D eigenvalue weighted by atomic mass is 9.81. The molecule has 0 spiro atoms. The molecule has 0 aliphatic heterocycles. The molecule has 0 aromatic rings. The van der Waals surface area contributed by atoms with Crippen molar-refractivity contribution in [3.63, 3.8) is 0 Å². The fraction of sp³-hybridized carbons (Fsp3) is 0.923. The van der Waals surface area contributed by atoms with Crippen molar-refractivity contribution < 1.29 is 9.53 Å². The lowest BCUT2D eigenvalue weighted by molar-refractivity contribution is -0.128. The van der Waals surface area contributed by atoms with Gasteiger partial charge in [0.25, 0.3) is 0 Å². The molecule has 2 unspecified atom stereocenters. The second-order valence-corrected chi connectivity index (χ2v) is 5.56. The van der Waals surface area contributed by atoms with E-state index in [9.17, 15) is 4.79 Å². The molecule has 0 bridgehead atoms. The number of carbonyl (C=O) groups is 1. The van der Waals surface area contributed by atoms with Crippen LogP contribution in [-0.2, 0) is 9.53 Å². The lowest BCUT2D eigenvalue weighted by Gasteiger charge is -2.33. The summed E-state index contributed by atoms with van der Waals surface area (Å²) in [5, 5.41) is 3.11. The molecule has 2 rings (SSSR count). The Balaban J connectivity index is 1.84. The summed E-state index contributed by atoms with van der Waals surface area (Å²) in [4.78, 5) is 12.2. The maximum atomic E-state index is 12.2. The quantitative estimate of drug-likeness (QED) is 0.782. The maximum Gasteiger partial charge on any atom is 0.240 e. The molecular weight excluding hydrogens is 216 g/mol. The Morgan fingerprint density at radius 3 is 2.59 bits per heavy atom. The van der Waals surface area contributed by atoms with Crippen LogP contribution in [0.15, 0.2) is 0 Å². The maximum absolute atomic E-state index is 12.2. The average molecular weight is 240 g/mol. The predicted molar refractivity (Wildman–Crippen MR) is 66.6 cm³/mol. The van der Waals surface area contributed by atoms with Crippen LogP contribution in [0.25, 0.3) is 0 Å². The Hall–Kier alpha value is -0.610. The molecule has 2 saturated carbocycles. The monoisotopic (exact) mass is 240 g/mol. The zero-order chi connectivity index (χ0) is 12.3. The highest BCUT2D eigenvalue weighted by atomic mass is 16.5. The van der Waals surface area contributed by atoms with Gasteiger partial charge in [-0.15, -0.1) is 0 Å². The smallest absolute Gasteiger partial charge is 0.240 e. The van der Waals surface area contributed by atoms with Crippen molar-refractivity contribution in [3.05, 3.63) is 0 Å². The molecule has 98 valence electrons. The second-order valence-electron chi connectivity index (χ2n) is 5.56. The second kappa shape index (κ2) is 5.36. The van der Waals surface area contributed by atoms with Crippen LogP contribution in [0.5, 0.6) is 0 Å². The standard InChI is InChI=1S/C13H24N2O2/c1-17-11-6-5-10(9-11)15-12(16)13(14)7-3-2-4-8-13/h10-11H,2-9,14H2,1H3,(H,15,16). The molecule has 0 aromatic heterocycles. The van der Waals surface area contributed by atoms with E-state index in [2.05, 4.69) is 5.32 Å². The first-order valence-corrected chi connectivity index (χ1v) is 6.77. The Morgan fingerprint density at radius 1 is 1.29 bits per heavy atom. The van der Waals surface area contributed by atoms with Gasteiger partial charge in [0, 0.05) is 13.2 Å². The van der Waals surface area contributed by atoms with Gasteiger partial charge in [-0.25, -0.2) is 0 Å². The molecular formula is C13H24N2O2. The Bertz CT molecular complexity index is 275. The summed E-state index contributed by atoms with van der Waals surface area (Å²) in [6.07, 6.45) is 8.32. The molecule has 1 amide bonds. The fourth-order valence-corrected chi connectivity index (χ4v) is 3.02. The summed E-state index contributed by atoms with van der Waals surface area (Å²) in [5.41, 5.74) is 5.60. The van der Waals surface area contributed by atoms with Crippen molar-refractivity contribution in [2.24, 2.45) is 5.73 Å². The first-order valence-electron chi connectivity index (χ1n) is 6.77. The van der Waals surface area contributed by atoms with Crippen LogP contribution in [0.3, 0.4) is 0 Å². The summed E-state index contributed by atoms with van der Waals surface area (Å²) < 4.78 is 5.31. The lowest BCUT2D eigenvalue weighted by Crippen LogP contribution is -2.56. The highest BCUT2D eigenvalue weighted by Gasteiger charge is 2.37. The van der Waals surface area contributed by atoms with Crippen molar-refractivity contribution in [3.8, 4) is 0 Å². The van der Waals surface area contributed by atoms with Gasteiger partial charge in [0.2, 0.25) is 5.91 Å². The van der Waals surface area contributed by atoms with E-state index in [1.54, 1.807) is 7.11 Å². The SMILES string of the molecule is COC1CCC(NC(=O)C2(N)CCCCC2)C1. The van der Waals surface area contributed by atoms with Gasteiger partial charge in [-0.1, -0.05) is 19.3 Å². The van der Waals surface area contributed by atoms with E-state index < -0.39 is 5.54 Å². The van der Waals surface area contributed by atoms with Gasteiger partial charge >= 0.3 is 0 Å². The number of carbonyl (C=O) groups excluding carboxylic acids is 1. The third-order valence-corrected chi connectivity index (χ3v) is 4.25. The van der Waals surface area contributed by atoms with Crippen LogP contribution in [-0.4, -0.2) is 30.7 Å². The summed E-state index contributed by atoms with van der Waals surface area (Å²) in [7, 11) is 1.74. The molecule has 0 saturated heterocycles. The van der Waals surface area contributed by atoms with Gasteiger partial charge in [0.05, 0.1) is 11.6 Å². The molecule has 2 aliphatic carbocycles. The molecule has 0 aromatic carbocycles. The topological polar surface area (TPSA) is 64.3 Å². The van der Waals surface area contributed by atoms with Gasteiger partial charge in [-0.3, -0.25) is 4.79 Å². The number of amides is 1. The van der Waals surface area contributed by atoms with Crippen molar-refractivity contribution in [1.29, 1.82) is 0 Å². The number of ether oxygens (including phenoxy) is 1. The number of methoxy groups -OCH3 is 1. The van der Waals surface area contributed by atoms with E-state index in [1.807, 2.05) is 0 Å². The zero-order valence-corrected chi connectivity index (χ0v) is 10.7. The minimum atomic E-state index is -0.608. The number of nitrogens with one attached hydrogen (secondary N) is 1. The third kappa shape index (κ3) is 2.99. The van der Waals surface area contributed by atoms with E-state index >= 15 is 0 Å². The molecule has 2 atom stereocenters. The van der Waals surface area contributed by atoms with Gasteiger partial charge in [-0.2, -0.15) is 0 Å². The highest BCUT2D eigenvalue weighted by Crippen LogP contribution is 2.27. The summed E-state index contributed by atoms with van der Waals surface area (Å²) in [6.45, 7) is 0. The van der Waals surface area contributed by atoms with E-state index in [4.69, 9.17) is 10.5 Å². The average Bonchev–Trinajstić information content (AvgIpc) is 2.78. The summed E-state index contributed by atoms with van der Waals surface area (Å²) in [6, 6.07) is 0.259. The Kier molecular flexibility index (Phi) is 4.05. The number of nitrogens with two attached hydrogens (primary N) is 1. The van der Waals surface area contributed by atoms with E-state index in [1.165, 1.54) is 6.42 Å². The molecule has 2 fully saturated rings. The molecule has 0 heterocycles. The molecule has 2 aliphatic rings. The number of hydrogen-bond acceptors (Lipinski definition) is 3. The molecule has 4 nitrogen and oxygen atoms in total. The van der Waals surface area contributed by atoms with E-state index in [-0.39, 0.29) is 11.9 Å². The van der Waals surface area contributed by atoms with Crippen molar-refractivity contribution in [2.75, 3.05) is 7.11 Å². The van der Waals surface area contributed by atoms with Crippen LogP contribution >= 0.6 is 0 Å². The van der Waals surface area contributed by atoms with Crippen molar-refractivity contribution in [2.45, 2.75) is 69.1 Å². The van der Waals surface area contributed by atoms with Crippen LogP contribution in [0.4, 0.5) is 0 Å². The van der Waals surface area contributed by atoms with Crippen LogP contribution in [0, 0.1) is 0 Å². The molecule has 3 N–H and O–H groups in total. The minimum absolute atomic E-state index is 0.0546. The summed E-state index contributed by atoms with van der Waals surface area (Å²) >= 11 is 0. The van der Waals surface area contributed by atoms with Gasteiger partial charge in [0.15, 0.2) is 0 Å². The Morgan fingerprint density at radius 2 is 2.00 bits per heavy atom. The zero-order valence-electron chi connectivity index (χ0n) is 10.7. The van der Waals surface area contributed by atoms with Gasteiger partial charge in [0.1, 0.15) is 0 Å². The first-order chi connectivity index (χ1) is 8.14. The van der Waals surface area contributed by atoms with Crippen LogP contribution < -0.4 is 11.1 Å². The number of rotatable bonds is 3. The van der Waals surface area contributed by atoms with Crippen LogP contribution in [0.2, 0.25) is 0 Å². The van der Waals surface area contributed by atoms with Gasteiger partial charge in [-0.05, 0) is 32.1 Å². The highest BCUT2D eigenvalue weighted by molar-refractivity contribution is 5.86. The van der Waals surface area contributed by atoms with Crippen LogP contribution in [0.1, 0.15) is 51.4 Å². The first kappa shape index (κ1) is 12.8. The van der Waals surface area contributed by atoms with E-state index in [0.717, 1.165) is 44.9 Å². The van der Waals surface area contributed by atoms with Gasteiger partial charge < -0.3 is 15.8 Å². The largest absolute Gasteiger partial charge is 0.381 e. The van der Waals surface area contributed by atoms with Crippen molar-refractivity contribution in [1.82, 2.24) is 5.32 Å². The normalized spacial score (nSPS) is 32.4. The molecule has 4 heteroatoms. The minimum Gasteiger partial charge on any atom is -0.381 e. The fourth-order valence-electron chi connectivity index (χ4n) is 3.02. The summed E-state index contributed by atoms with van der Waals surface area (Å²) in [5.74, 6) is 0.0546. The number of hydrogen-bond donors (Lipinski definition) is 2. The predicted octanol–water partition coefficient (Wildman–Crippen LogP) is 1.33. The third-order valence-electron chi connectivity index (χ3n) is 4.25. The van der Waals surface area contributed by atoms with E-state index in [0.29, 0.717) is 6.10 Å². The molecule has 17 heavy (non-hydrogen) atoms. The Labute approximate surface area is 103 Å². The van der Waals surface area contributed by atoms with Crippen molar-refractivity contribution >= 4 is 5.91 Å². The molecule has 0 radical (unpaired) electrons.